The van der Waals surface area contributed by atoms with Crippen molar-refractivity contribution >= 4 is 0 Å². The second kappa shape index (κ2) is 5.50. The monoisotopic (exact) mass is 232 g/mol. The van der Waals surface area contributed by atoms with Crippen LogP contribution in [0.25, 0.3) is 11.3 Å². The number of methoxy groups -OCH3 is 1. The van der Waals surface area contributed by atoms with Crippen LogP contribution in [0.4, 0.5) is 0 Å². The van der Waals surface area contributed by atoms with Crippen LogP contribution in [0.5, 0.6) is 5.75 Å². The standard InChI is InChI=1S/C13H16N2O2/c1-3-17-8-12-13(15-9-14-12)10-4-6-11(16-2)7-5-10/h4-7,9H,3,8H2,1-2H3,(H,14,15). The first-order valence-electron chi connectivity index (χ1n) is 5.59. The van der Waals surface area contributed by atoms with Crippen molar-refractivity contribution in [3.63, 3.8) is 0 Å². The van der Waals surface area contributed by atoms with Crippen LogP contribution in [0.2, 0.25) is 0 Å². The Morgan fingerprint density at radius 1 is 1.24 bits per heavy atom. The van der Waals surface area contributed by atoms with E-state index in [-0.39, 0.29) is 0 Å². The minimum absolute atomic E-state index is 0.529. The van der Waals surface area contributed by atoms with Gasteiger partial charge in [0, 0.05) is 12.2 Å². The van der Waals surface area contributed by atoms with Gasteiger partial charge in [-0.3, -0.25) is 0 Å². The quantitative estimate of drug-likeness (QED) is 0.862. The molecule has 1 heterocycles. The molecule has 0 aliphatic rings. The molecular formula is C13H16N2O2. The van der Waals surface area contributed by atoms with E-state index in [0.29, 0.717) is 13.2 Å². The second-order valence-electron chi connectivity index (χ2n) is 3.59. The van der Waals surface area contributed by atoms with Gasteiger partial charge in [0.05, 0.1) is 31.4 Å². The summed E-state index contributed by atoms with van der Waals surface area (Å²) in [6.07, 6.45) is 1.69. The molecule has 0 saturated carbocycles. The lowest BCUT2D eigenvalue weighted by Gasteiger charge is -2.04. The molecule has 17 heavy (non-hydrogen) atoms. The van der Waals surface area contributed by atoms with Gasteiger partial charge in [0.1, 0.15) is 5.75 Å². The zero-order valence-electron chi connectivity index (χ0n) is 10.1. The third-order valence-electron chi connectivity index (χ3n) is 2.54. The highest BCUT2D eigenvalue weighted by atomic mass is 16.5. The molecule has 4 heteroatoms. The average molecular weight is 232 g/mol. The molecular weight excluding hydrogens is 216 g/mol. The Labute approximate surface area is 101 Å². The molecule has 0 bridgehead atoms. The number of nitrogens with one attached hydrogen (secondary N) is 1. The second-order valence-corrected chi connectivity index (χ2v) is 3.59. The van der Waals surface area contributed by atoms with Crippen LogP contribution >= 0.6 is 0 Å². The van der Waals surface area contributed by atoms with Gasteiger partial charge < -0.3 is 14.5 Å². The maximum Gasteiger partial charge on any atom is 0.118 e. The maximum atomic E-state index is 5.38. The number of rotatable bonds is 5. The summed E-state index contributed by atoms with van der Waals surface area (Å²) in [5, 5.41) is 0. The molecule has 0 aliphatic carbocycles. The van der Waals surface area contributed by atoms with E-state index in [1.165, 1.54) is 0 Å². The number of aromatic amines is 1. The summed E-state index contributed by atoms with van der Waals surface area (Å²) in [7, 11) is 1.66. The molecule has 0 unspecified atom stereocenters. The minimum atomic E-state index is 0.529. The highest BCUT2D eigenvalue weighted by Crippen LogP contribution is 2.23. The van der Waals surface area contributed by atoms with Crippen molar-refractivity contribution < 1.29 is 9.47 Å². The summed E-state index contributed by atoms with van der Waals surface area (Å²) in [5.74, 6) is 0.847. The molecule has 0 spiro atoms. The van der Waals surface area contributed by atoms with Crippen molar-refractivity contribution in [3.05, 3.63) is 36.3 Å². The summed E-state index contributed by atoms with van der Waals surface area (Å²) in [6.45, 7) is 3.19. The normalized spacial score (nSPS) is 10.5. The molecule has 2 rings (SSSR count). The predicted molar refractivity (Wildman–Crippen MR) is 65.9 cm³/mol. The molecule has 0 aliphatic heterocycles. The van der Waals surface area contributed by atoms with Gasteiger partial charge in [-0.2, -0.15) is 0 Å². The van der Waals surface area contributed by atoms with Gasteiger partial charge in [0.25, 0.3) is 0 Å². The Hall–Kier alpha value is -1.81. The maximum absolute atomic E-state index is 5.38. The fourth-order valence-corrected chi connectivity index (χ4v) is 1.64. The number of imidazole rings is 1. The number of H-pyrrole nitrogens is 1. The zero-order valence-corrected chi connectivity index (χ0v) is 10.1. The number of aromatic nitrogens is 2. The molecule has 4 nitrogen and oxygen atoms in total. The Kier molecular flexibility index (Phi) is 3.77. The lowest BCUT2D eigenvalue weighted by atomic mass is 10.1. The van der Waals surface area contributed by atoms with E-state index in [1.54, 1.807) is 13.4 Å². The van der Waals surface area contributed by atoms with Crippen LogP contribution < -0.4 is 4.74 Å². The van der Waals surface area contributed by atoms with Gasteiger partial charge in [-0.15, -0.1) is 0 Å². The SMILES string of the molecule is CCOCc1nc[nH]c1-c1ccc(OC)cc1. The van der Waals surface area contributed by atoms with Crippen LogP contribution in [-0.4, -0.2) is 23.7 Å². The average Bonchev–Trinajstić information content (AvgIpc) is 2.84. The van der Waals surface area contributed by atoms with Gasteiger partial charge >= 0.3 is 0 Å². The molecule has 1 N–H and O–H groups in total. The van der Waals surface area contributed by atoms with Crippen molar-refractivity contribution in [1.29, 1.82) is 0 Å². The number of ether oxygens (including phenoxy) is 2. The smallest absolute Gasteiger partial charge is 0.118 e. The van der Waals surface area contributed by atoms with E-state index in [2.05, 4.69) is 9.97 Å². The number of hydrogen-bond donors (Lipinski definition) is 1. The molecule has 1 aromatic carbocycles. The van der Waals surface area contributed by atoms with Gasteiger partial charge in [-0.25, -0.2) is 4.98 Å². The molecule has 2 aromatic rings. The van der Waals surface area contributed by atoms with Gasteiger partial charge in [-0.1, -0.05) is 0 Å². The van der Waals surface area contributed by atoms with Crippen LogP contribution in [-0.2, 0) is 11.3 Å². The largest absolute Gasteiger partial charge is 0.497 e. The van der Waals surface area contributed by atoms with Crippen LogP contribution in [0, 0.1) is 0 Å². The summed E-state index contributed by atoms with van der Waals surface area (Å²) in [4.78, 5) is 7.40. The number of nitrogens with zero attached hydrogens (tertiary/aromatic N) is 1. The Morgan fingerprint density at radius 3 is 2.65 bits per heavy atom. The predicted octanol–water partition coefficient (Wildman–Crippen LogP) is 2.62. The van der Waals surface area contributed by atoms with Crippen LogP contribution in [0.15, 0.2) is 30.6 Å². The lowest BCUT2D eigenvalue weighted by Crippen LogP contribution is -1.94. The Morgan fingerprint density at radius 2 is 2.00 bits per heavy atom. The molecule has 1 aromatic heterocycles. The summed E-state index contributed by atoms with van der Waals surface area (Å²) < 4.78 is 10.5. The van der Waals surface area contributed by atoms with E-state index >= 15 is 0 Å². The minimum Gasteiger partial charge on any atom is -0.497 e. The summed E-state index contributed by atoms with van der Waals surface area (Å²) in [6, 6.07) is 7.87. The molecule has 90 valence electrons. The molecule has 0 saturated heterocycles. The third kappa shape index (κ3) is 2.65. The first-order valence-corrected chi connectivity index (χ1v) is 5.59. The fraction of sp³-hybridized carbons (Fsp3) is 0.308. The topological polar surface area (TPSA) is 47.1 Å². The van der Waals surface area contributed by atoms with E-state index in [0.717, 1.165) is 22.7 Å². The Bertz CT molecular complexity index is 463. The summed E-state index contributed by atoms with van der Waals surface area (Å²) >= 11 is 0. The molecule has 0 fully saturated rings. The van der Waals surface area contributed by atoms with Gasteiger partial charge in [0.2, 0.25) is 0 Å². The Balaban J connectivity index is 2.23. The highest BCUT2D eigenvalue weighted by Gasteiger charge is 2.07. The van der Waals surface area contributed by atoms with E-state index in [1.807, 2.05) is 31.2 Å². The lowest BCUT2D eigenvalue weighted by molar-refractivity contribution is 0.132. The van der Waals surface area contributed by atoms with Gasteiger partial charge in [-0.05, 0) is 31.2 Å². The zero-order chi connectivity index (χ0) is 12.1. The first kappa shape index (κ1) is 11.7. The molecule has 0 radical (unpaired) electrons. The van der Waals surface area contributed by atoms with E-state index < -0.39 is 0 Å². The van der Waals surface area contributed by atoms with Crippen molar-refractivity contribution in [2.45, 2.75) is 13.5 Å². The van der Waals surface area contributed by atoms with Crippen LogP contribution in [0.3, 0.4) is 0 Å². The van der Waals surface area contributed by atoms with E-state index in [4.69, 9.17) is 9.47 Å². The number of hydrogen-bond acceptors (Lipinski definition) is 3. The summed E-state index contributed by atoms with van der Waals surface area (Å²) in [5.41, 5.74) is 3.01. The van der Waals surface area contributed by atoms with Crippen molar-refractivity contribution in [2.24, 2.45) is 0 Å². The van der Waals surface area contributed by atoms with Crippen molar-refractivity contribution in [2.75, 3.05) is 13.7 Å². The van der Waals surface area contributed by atoms with Crippen LogP contribution in [0.1, 0.15) is 12.6 Å². The van der Waals surface area contributed by atoms with Crippen molar-refractivity contribution in [1.82, 2.24) is 9.97 Å². The molecule has 0 amide bonds. The van der Waals surface area contributed by atoms with Crippen molar-refractivity contribution in [3.8, 4) is 17.0 Å². The molecule has 0 atom stereocenters. The number of benzene rings is 1. The third-order valence-corrected chi connectivity index (χ3v) is 2.54. The first-order chi connectivity index (χ1) is 8.35. The van der Waals surface area contributed by atoms with E-state index in [9.17, 15) is 0 Å². The van der Waals surface area contributed by atoms with Gasteiger partial charge in [0.15, 0.2) is 0 Å². The highest BCUT2D eigenvalue weighted by molar-refractivity contribution is 5.62. The fourth-order valence-electron chi connectivity index (χ4n) is 1.64.